The van der Waals surface area contributed by atoms with Crippen molar-refractivity contribution in [2.75, 3.05) is 13.1 Å². The van der Waals surface area contributed by atoms with Crippen LogP contribution in [0, 0.1) is 5.92 Å². The van der Waals surface area contributed by atoms with Gasteiger partial charge in [-0.25, -0.2) is 0 Å². The van der Waals surface area contributed by atoms with E-state index < -0.39 is 0 Å². The standard InChI is InChI=1S/C16H21NO2/c1-11-12(2)17(8-7-15(11)18)10-14-9-13-5-3-4-6-16(13)19-14/h3-6,11-12,14H,7-10H2,1-2H3. The summed E-state index contributed by atoms with van der Waals surface area (Å²) in [4.78, 5) is 14.1. The molecule has 0 saturated carbocycles. The molecule has 1 fully saturated rings. The number of Topliss-reactive ketones (excluding diaryl/α,β-unsaturated/α-hetero) is 1. The Morgan fingerprint density at radius 2 is 2.11 bits per heavy atom. The van der Waals surface area contributed by atoms with Gasteiger partial charge in [0.2, 0.25) is 0 Å². The second-order valence-corrected chi connectivity index (χ2v) is 5.79. The summed E-state index contributed by atoms with van der Waals surface area (Å²) < 4.78 is 5.99. The highest BCUT2D eigenvalue weighted by molar-refractivity contribution is 5.82. The van der Waals surface area contributed by atoms with Crippen LogP contribution in [0.25, 0.3) is 0 Å². The van der Waals surface area contributed by atoms with Gasteiger partial charge >= 0.3 is 0 Å². The minimum atomic E-state index is 0.150. The van der Waals surface area contributed by atoms with Crippen LogP contribution in [0.15, 0.2) is 24.3 Å². The van der Waals surface area contributed by atoms with Gasteiger partial charge in [0.25, 0.3) is 0 Å². The van der Waals surface area contributed by atoms with E-state index in [1.165, 1.54) is 5.56 Å². The molecule has 3 nitrogen and oxygen atoms in total. The average Bonchev–Trinajstić information content (AvgIpc) is 2.82. The Balaban J connectivity index is 1.63. The van der Waals surface area contributed by atoms with Crippen LogP contribution in [0.4, 0.5) is 0 Å². The van der Waals surface area contributed by atoms with Gasteiger partial charge in [-0.3, -0.25) is 9.69 Å². The van der Waals surface area contributed by atoms with Crippen LogP contribution < -0.4 is 4.74 Å². The number of hydrogen-bond acceptors (Lipinski definition) is 3. The van der Waals surface area contributed by atoms with Gasteiger partial charge in [0, 0.05) is 37.9 Å². The van der Waals surface area contributed by atoms with Crippen molar-refractivity contribution >= 4 is 5.78 Å². The number of likely N-dealkylation sites (tertiary alicyclic amines) is 1. The molecule has 0 aromatic heterocycles. The summed E-state index contributed by atoms with van der Waals surface area (Å²) in [5.41, 5.74) is 1.31. The van der Waals surface area contributed by atoms with Crippen molar-refractivity contribution in [3.8, 4) is 5.75 Å². The monoisotopic (exact) mass is 259 g/mol. The second kappa shape index (κ2) is 4.97. The molecule has 0 aliphatic carbocycles. The zero-order chi connectivity index (χ0) is 13.4. The van der Waals surface area contributed by atoms with Crippen LogP contribution in [0.2, 0.25) is 0 Å². The van der Waals surface area contributed by atoms with Gasteiger partial charge in [-0.05, 0) is 18.6 Å². The molecule has 2 aliphatic rings. The van der Waals surface area contributed by atoms with Crippen molar-refractivity contribution in [1.29, 1.82) is 0 Å². The first-order valence-electron chi connectivity index (χ1n) is 7.16. The topological polar surface area (TPSA) is 29.5 Å². The lowest BCUT2D eigenvalue weighted by Crippen LogP contribution is -2.50. The minimum absolute atomic E-state index is 0.150. The molecule has 0 bridgehead atoms. The second-order valence-electron chi connectivity index (χ2n) is 5.79. The number of nitrogens with zero attached hydrogens (tertiary/aromatic N) is 1. The van der Waals surface area contributed by atoms with Crippen molar-refractivity contribution in [2.24, 2.45) is 5.92 Å². The van der Waals surface area contributed by atoms with E-state index in [0.29, 0.717) is 18.2 Å². The highest BCUT2D eigenvalue weighted by Gasteiger charge is 2.33. The number of hydrogen-bond donors (Lipinski definition) is 0. The maximum absolute atomic E-state index is 11.7. The van der Waals surface area contributed by atoms with E-state index in [1.54, 1.807) is 0 Å². The van der Waals surface area contributed by atoms with Crippen molar-refractivity contribution < 1.29 is 9.53 Å². The predicted molar refractivity (Wildman–Crippen MR) is 74.4 cm³/mol. The third kappa shape index (κ3) is 2.39. The average molecular weight is 259 g/mol. The largest absolute Gasteiger partial charge is 0.488 e. The van der Waals surface area contributed by atoms with Gasteiger partial charge < -0.3 is 4.74 Å². The molecule has 0 radical (unpaired) electrons. The number of rotatable bonds is 2. The minimum Gasteiger partial charge on any atom is -0.488 e. The quantitative estimate of drug-likeness (QED) is 0.816. The summed E-state index contributed by atoms with van der Waals surface area (Å²) in [7, 11) is 0. The number of ether oxygens (including phenoxy) is 1. The van der Waals surface area contributed by atoms with Crippen molar-refractivity contribution in [3.05, 3.63) is 29.8 Å². The molecular weight excluding hydrogens is 238 g/mol. The highest BCUT2D eigenvalue weighted by Crippen LogP contribution is 2.30. The third-order valence-corrected chi connectivity index (χ3v) is 4.60. The number of fused-ring (bicyclic) bond motifs is 1. The number of benzene rings is 1. The summed E-state index contributed by atoms with van der Waals surface area (Å²) in [6.45, 7) is 6.00. The highest BCUT2D eigenvalue weighted by atomic mass is 16.5. The molecule has 3 atom stereocenters. The molecule has 2 heterocycles. The molecule has 3 rings (SSSR count). The Labute approximate surface area is 114 Å². The summed E-state index contributed by atoms with van der Waals surface area (Å²) in [5.74, 6) is 1.58. The molecule has 102 valence electrons. The lowest BCUT2D eigenvalue weighted by molar-refractivity contribution is -0.128. The molecule has 2 aliphatic heterocycles. The van der Waals surface area contributed by atoms with Gasteiger partial charge in [0.1, 0.15) is 17.6 Å². The predicted octanol–water partition coefficient (Wildman–Crippen LogP) is 2.29. The number of carbonyl (C=O) groups excluding carboxylic acids is 1. The fraction of sp³-hybridized carbons (Fsp3) is 0.562. The SMILES string of the molecule is CC1C(=O)CCN(CC2Cc3ccccc3O2)C1C. The molecule has 3 heteroatoms. The van der Waals surface area contributed by atoms with Gasteiger partial charge in [0.15, 0.2) is 0 Å². The zero-order valence-electron chi connectivity index (χ0n) is 11.6. The normalized spacial score (nSPS) is 31.1. The summed E-state index contributed by atoms with van der Waals surface area (Å²) in [6, 6.07) is 8.59. The first kappa shape index (κ1) is 12.7. The van der Waals surface area contributed by atoms with Gasteiger partial charge in [-0.2, -0.15) is 0 Å². The molecule has 1 saturated heterocycles. The molecule has 0 N–H and O–H groups in total. The molecule has 0 spiro atoms. The Morgan fingerprint density at radius 1 is 1.32 bits per heavy atom. The van der Waals surface area contributed by atoms with Crippen molar-refractivity contribution in [1.82, 2.24) is 4.90 Å². The molecule has 19 heavy (non-hydrogen) atoms. The molecule has 0 amide bonds. The molecule has 1 aromatic carbocycles. The van der Waals surface area contributed by atoms with E-state index in [4.69, 9.17) is 4.74 Å². The molecule has 1 aromatic rings. The maximum atomic E-state index is 11.7. The first-order valence-corrected chi connectivity index (χ1v) is 7.16. The first-order chi connectivity index (χ1) is 9.15. The van der Waals surface area contributed by atoms with Gasteiger partial charge in [0.05, 0.1) is 0 Å². The zero-order valence-corrected chi connectivity index (χ0v) is 11.6. The lowest BCUT2D eigenvalue weighted by atomic mass is 9.90. The number of para-hydroxylation sites is 1. The fourth-order valence-electron chi connectivity index (χ4n) is 3.15. The van der Waals surface area contributed by atoms with Crippen LogP contribution in [-0.2, 0) is 11.2 Å². The smallest absolute Gasteiger partial charge is 0.138 e. The Hall–Kier alpha value is -1.35. The summed E-state index contributed by atoms with van der Waals surface area (Å²) >= 11 is 0. The van der Waals surface area contributed by atoms with Crippen LogP contribution in [-0.4, -0.2) is 35.9 Å². The van der Waals surface area contributed by atoms with Crippen LogP contribution in [0.1, 0.15) is 25.8 Å². The van der Waals surface area contributed by atoms with Crippen LogP contribution in [0.5, 0.6) is 5.75 Å². The van der Waals surface area contributed by atoms with Crippen LogP contribution >= 0.6 is 0 Å². The number of ketones is 1. The number of carbonyl (C=O) groups is 1. The molecule has 3 unspecified atom stereocenters. The van der Waals surface area contributed by atoms with E-state index in [2.05, 4.69) is 24.0 Å². The summed E-state index contributed by atoms with van der Waals surface area (Å²) in [5, 5.41) is 0. The Morgan fingerprint density at radius 3 is 2.89 bits per heavy atom. The Bertz CT molecular complexity index is 460. The Kier molecular flexibility index (Phi) is 3.31. The van der Waals surface area contributed by atoms with E-state index in [1.807, 2.05) is 19.1 Å². The van der Waals surface area contributed by atoms with Gasteiger partial charge in [-0.15, -0.1) is 0 Å². The lowest BCUT2D eigenvalue weighted by Gasteiger charge is -2.38. The van der Waals surface area contributed by atoms with E-state index in [9.17, 15) is 4.79 Å². The fourth-order valence-corrected chi connectivity index (χ4v) is 3.15. The summed E-state index contributed by atoms with van der Waals surface area (Å²) in [6.07, 6.45) is 1.91. The van der Waals surface area contributed by atoms with E-state index >= 15 is 0 Å². The van der Waals surface area contributed by atoms with Crippen molar-refractivity contribution in [3.63, 3.8) is 0 Å². The maximum Gasteiger partial charge on any atom is 0.138 e. The van der Waals surface area contributed by atoms with Crippen LogP contribution in [0.3, 0.4) is 0 Å². The number of piperidine rings is 1. The van der Waals surface area contributed by atoms with Gasteiger partial charge in [-0.1, -0.05) is 25.1 Å². The van der Waals surface area contributed by atoms with Crippen molar-refractivity contribution in [2.45, 2.75) is 38.8 Å². The third-order valence-electron chi connectivity index (χ3n) is 4.60. The van der Waals surface area contributed by atoms with E-state index in [0.717, 1.165) is 25.3 Å². The molecular formula is C16H21NO2. The van der Waals surface area contributed by atoms with E-state index in [-0.39, 0.29) is 12.0 Å².